The fourth-order valence-electron chi connectivity index (χ4n) is 14.1. The minimum atomic E-state index is -1.30. The number of carbonyl (C=O) groups excluding carboxylic acids is 3. The van der Waals surface area contributed by atoms with E-state index in [4.69, 9.17) is 19.4 Å². The van der Waals surface area contributed by atoms with Gasteiger partial charge in [-0.15, -0.1) is 0 Å². The van der Waals surface area contributed by atoms with Crippen LogP contribution in [-0.2, 0) is 19.1 Å². The maximum absolute atomic E-state index is 16.6. The third-order valence-electron chi connectivity index (χ3n) is 17.8. The van der Waals surface area contributed by atoms with E-state index in [0.29, 0.717) is 61.1 Å². The van der Waals surface area contributed by atoms with E-state index in [-0.39, 0.29) is 59.5 Å². The van der Waals surface area contributed by atoms with E-state index in [2.05, 4.69) is 37.6 Å². The number of aromatic nitrogens is 4. The van der Waals surface area contributed by atoms with Crippen molar-refractivity contribution >= 4 is 57.4 Å². The first-order valence-electron chi connectivity index (χ1n) is 27.2. The van der Waals surface area contributed by atoms with Crippen LogP contribution in [0, 0.1) is 29.4 Å². The standard InChI is InChI=1S/C56H70F2N10O7/c1-29(2)48(64-56(73)75-5)53(69)67-42-13-9-11-31(42)25-46(67)51-59-38-17-15-33(23-40(38)61-51)44-19-20-45(66(44)35-27-36(57)50(37(58)28-35)65-21-7-6-8-22-65)34-16-18-39-41(24-34)62-52(60-39)47-26-32-12-10-14-43(32)68(47)54(70)49(30(3)74-4)63-55(71)72/h15-18,23-24,27-32,42-49,63H,6-14,19-22,25-26H2,1-5H3,(H,59,61)(H,60,62)(H,64,73)(H,71,72)/t30-,31+,32+,42+,43+,44-,45-,46+,47+,48+,49+/m1/s1. The number of anilines is 2. The molecule has 0 bridgehead atoms. The first-order chi connectivity index (χ1) is 36.2. The average Bonchev–Trinajstić information content (AvgIpc) is 4.31. The second kappa shape index (κ2) is 20.6. The Bertz CT molecular complexity index is 2950. The highest BCUT2D eigenvalue weighted by Crippen LogP contribution is 2.52. The number of carbonyl (C=O) groups is 4. The number of nitrogens with one attached hydrogen (secondary N) is 4. The van der Waals surface area contributed by atoms with Crippen LogP contribution in [0.1, 0.15) is 151 Å². The van der Waals surface area contributed by atoms with E-state index >= 15 is 8.78 Å². The van der Waals surface area contributed by atoms with Crippen LogP contribution in [0.2, 0.25) is 0 Å². The molecule has 11 rings (SSSR count). The Morgan fingerprint density at radius 3 is 1.67 bits per heavy atom. The predicted molar refractivity (Wildman–Crippen MR) is 278 cm³/mol. The summed E-state index contributed by atoms with van der Waals surface area (Å²) in [7, 11) is 2.75. The zero-order valence-corrected chi connectivity index (χ0v) is 43.5. The van der Waals surface area contributed by atoms with Crippen LogP contribution in [0.5, 0.6) is 0 Å². The van der Waals surface area contributed by atoms with E-state index in [1.165, 1.54) is 26.4 Å². The Kier molecular flexibility index (Phi) is 13.9. The second-order valence-electron chi connectivity index (χ2n) is 22.4. The second-order valence-corrected chi connectivity index (χ2v) is 22.4. The smallest absolute Gasteiger partial charge is 0.407 e. The van der Waals surface area contributed by atoms with E-state index in [1.54, 1.807) is 6.92 Å². The Hall–Kier alpha value is -6.50. The number of aromatic amines is 2. The fraction of sp³-hybridized carbons (Fsp3) is 0.571. The summed E-state index contributed by atoms with van der Waals surface area (Å²) in [5.74, 6) is 0.0311. The van der Waals surface area contributed by atoms with Gasteiger partial charge in [-0.05, 0) is 143 Å². The number of H-pyrrole nitrogens is 2. The normalized spacial score (nSPS) is 26.8. The maximum atomic E-state index is 16.6. The lowest BCUT2D eigenvalue weighted by Gasteiger charge is -2.35. The van der Waals surface area contributed by atoms with Crippen molar-refractivity contribution in [2.75, 3.05) is 37.1 Å². The molecular formula is C56H70F2N10O7. The molecule has 0 spiro atoms. The van der Waals surface area contributed by atoms with Crippen LogP contribution in [0.3, 0.4) is 0 Å². The molecule has 6 heterocycles. The first-order valence-corrected chi connectivity index (χ1v) is 27.2. The molecule has 19 heteroatoms. The summed E-state index contributed by atoms with van der Waals surface area (Å²) in [5.41, 5.74) is 5.28. The summed E-state index contributed by atoms with van der Waals surface area (Å²) in [6.45, 7) is 6.70. The Labute approximate surface area is 435 Å². The number of benzene rings is 3. The van der Waals surface area contributed by atoms with Crippen LogP contribution in [0.25, 0.3) is 22.1 Å². The number of likely N-dealkylation sites (tertiary alicyclic amines) is 2. The van der Waals surface area contributed by atoms with E-state index < -0.39 is 48.1 Å². The number of hydrogen-bond donors (Lipinski definition) is 5. The molecule has 6 fully saturated rings. The summed E-state index contributed by atoms with van der Waals surface area (Å²) >= 11 is 0. The van der Waals surface area contributed by atoms with Gasteiger partial charge >= 0.3 is 12.2 Å². The molecule has 2 saturated carbocycles. The van der Waals surface area contributed by atoms with Gasteiger partial charge in [-0.3, -0.25) is 9.59 Å². The number of nitrogens with zero attached hydrogens (tertiary/aromatic N) is 6. The topological polar surface area (TPSA) is 201 Å². The Morgan fingerprint density at radius 1 is 0.667 bits per heavy atom. The van der Waals surface area contributed by atoms with Gasteiger partial charge in [0.15, 0.2) is 11.6 Å². The zero-order chi connectivity index (χ0) is 52.4. The van der Waals surface area contributed by atoms with Gasteiger partial charge in [-0.1, -0.05) is 38.8 Å². The number of ether oxygens (including phenoxy) is 2. The lowest BCUT2D eigenvalue weighted by atomic mass is 10.0. The zero-order valence-electron chi connectivity index (χ0n) is 43.5. The van der Waals surface area contributed by atoms with Gasteiger partial charge in [0, 0.05) is 38.0 Å². The Morgan fingerprint density at radius 2 is 1.19 bits per heavy atom. The minimum Gasteiger partial charge on any atom is -0.465 e. The lowest BCUT2D eigenvalue weighted by Crippen LogP contribution is -2.55. The molecule has 11 atom stereocenters. The van der Waals surface area contributed by atoms with Crippen molar-refractivity contribution < 1.29 is 42.5 Å². The fourth-order valence-corrected chi connectivity index (χ4v) is 14.1. The molecule has 2 aromatic heterocycles. The van der Waals surface area contributed by atoms with Crippen LogP contribution in [0.4, 0.5) is 29.7 Å². The highest BCUT2D eigenvalue weighted by molar-refractivity contribution is 5.88. The number of halogens is 2. The average molecular weight is 1030 g/mol. The van der Waals surface area contributed by atoms with Gasteiger partial charge in [0.1, 0.15) is 29.4 Å². The number of alkyl carbamates (subject to hydrolysis) is 1. The highest BCUT2D eigenvalue weighted by atomic mass is 19.1. The van der Waals surface area contributed by atoms with Gasteiger partial charge in [-0.2, -0.15) is 0 Å². The molecule has 6 aliphatic rings. The number of piperidine rings is 1. The molecular weight excluding hydrogens is 963 g/mol. The molecule has 0 radical (unpaired) electrons. The van der Waals surface area contributed by atoms with E-state index in [1.807, 2.05) is 52.8 Å². The number of methoxy groups -OCH3 is 2. The van der Waals surface area contributed by atoms with Gasteiger partial charge in [0.2, 0.25) is 11.8 Å². The van der Waals surface area contributed by atoms with Crippen molar-refractivity contribution in [3.63, 3.8) is 0 Å². The predicted octanol–water partition coefficient (Wildman–Crippen LogP) is 9.73. The first kappa shape index (κ1) is 50.6. The SMILES string of the molecule is COC(=O)N[C@H](C(=O)N1[C@H](c2nc3cc([C@H]4CC[C@H](c5ccc6[nH]c([C@@H]7C[C@@H]8CCC[C@@H]8N7C(=O)[C@@H](NC(=O)O)[C@@H](C)OC)nc6c5)N4c4cc(F)c(N5CCCCC5)c(F)c4)ccc3[nH]2)C[C@@H]2CCC[C@@H]21)C(C)C. The maximum Gasteiger partial charge on any atom is 0.407 e. The van der Waals surface area contributed by atoms with Crippen molar-refractivity contribution in [1.82, 2.24) is 40.4 Å². The van der Waals surface area contributed by atoms with Gasteiger partial charge in [0.05, 0.1) is 59.4 Å². The van der Waals surface area contributed by atoms with Crippen LogP contribution in [0.15, 0.2) is 48.5 Å². The largest absolute Gasteiger partial charge is 0.465 e. The number of rotatable bonds is 13. The van der Waals surface area contributed by atoms with Crippen LogP contribution in [-0.4, -0.2) is 116 Å². The summed E-state index contributed by atoms with van der Waals surface area (Å²) in [5, 5.41) is 14.9. The number of amides is 4. The number of hydrogen-bond acceptors (Lipinski definition) is 10. The third kappa shape index (κ3) is 9.30. The number of imidazole rings is 2. The van der Waals surface area contributed by atoms with Crippen molar-refractivity contribution in [3.05, 3.63) is 82.9 Å². The van der Waals surface area contributed by atoms with E-state index in [0.717, 1.165) is 91.9 Å². The van der Waals surface area contributed by atoms with Crippen molar-refractivity contribution in [1.29, 1.82) is 0 Å². The molecule has 3 aromatic carbocycles. The third-order valence-corrected chi connectivity index (χ3v) is 17.8. The number of carboxylic acid groups (broad SMARTS) is 1. The van der Waals surface area contributed by atoms with Gasteiger partial charge in [0.25, 0.3) is 0 Å². The van der Waals surface area contributed by atoms with Gasteiger partial charge in [-0.25, -0.2) is 28.3 Å². The highest BCUT2D eigenvalue weighted by Gasteiger charge is 2.51. The van der Waals surface area contributed by atoms with E-state index in [9.17, 15) is 24.3 Å². The molecule has 0 unspecified atom stereocenters. The summed E-state index contributed by atoms with van der Waals surface area (Å²) in [6, 6.07) is 11.9. The van der Waals surface area contributed by atoms with Crippen molar-refractivity contribution in [2.45, 2.75) is 159 Å². The monoisotopic (exact) mass is 1030 g/mol. The molecule has 5 N–H and O–H groups in total. The Balaban J connectivity index is 0.931. The molecule has 400 valence electrons. The summed E-state index contributed by atoms with van der Waals surface area (Å²) in [6.07, 6.45) is 8.62. The van der Waals surface area contributed by atoms with Crippen LogP contribution >= 0.6 is 0 Å². The molecule has 4 saturated heterocycles. The molecule has 5 aromatic rings. The molecule has 4 amide bonds. The van der Waals surface area contributed by atoms with Crippen LogP contribution < -0.4 is 20.4 Å². The number of fused-ring (bicyclic) bond motifs is 4. The molecule has 17 nitrogen and oxygen atoms in total. The molecule has 75 heavy (non-hydrogen) atoms. The quantitative estimate of drug-likeness (QED) is 0.0752. The lowest BCUT2D eigenvalue weighted by molar-refractivity contribution is -0.140. The van der Waals surface area contributed by atoms with Crippen molar-refractivity contribution in [2.24, 2.45) is 17.8 Å². The van der Waals surface area contributed by atoms with Gasteiger partial charge < -0.3 is 54.8 Å². The molecule has 2 aliphatic carbocycles. The summed E-state index contributed by atoms with van der Waals surface area (Å²) < 4.78 is 43.5. The van der Waals surface area contributed by atoms with Crippen molar-refractivity contribution in [3.8, 4) is 0 Å². The molecule has 4 aliphatic heterocycles. The summed E-state index contributed by atoms with van der Waals surface area (Å²) in [4.78, 5) is 78.4. The minimum absolute atomic E-state index is 0.0105.